The third kappa shape index (κ3) is 2.63. The summed E-state index contributed by atoms with van der Waals surface area (Å²) >= 11 is 5.87. The lowest BCUT2D eigenvalue weighted by molar-refractivity contribution is -0.123. The number of halogens is 1. The number of benzene rings is 2. The van der Waals surface area contributed by atoms with E-state index in [4.69, 9.17) is 21.1 Å². The quantitative estimate of drug-likeness (QED) is 0.935. The van der Waals surface area contributed by atoms with E-state index in [1.165, 1.54) is 0 Å². The van der Waals surface area contributed by atoms with E-state index < -0.39 is 5.41 Å². The first kappa shape index (κ1) is 14.4. The van der Waals surface area contributed by atoms with Gasteiger partial charge in [0.05, 0.1) is 5.41 Å². The maximum absolute atomic E-state index is 12.7. The van der Waals surface area contributed by atoms with Crippen LogP contribution in [0.25, 0.3) is 0 Å². The maximum Gasteiger partial charge on any atom is 0.231 e. The van der Waals surface area contributed by atoms with Gasteiger partial charge < -0.3 is 14.8 Å². The van der Waals surface area contributed by atoms with Crippen molar-refractivity contribution in [3.63, 3.8) is 0 Å². The first-order valence-corrected chi connectivity index (χ1v) is 7.98. The molecule has 0 aromatic heterocycles. The van der Waals surface area contributed by atoms with Crippen LogP contribution in [0.3, 0.4) is 0 Å². The molecule has 0 spiro atoms. The van der Waals surface area contributed by atoms with Gasteiger partial charge in [-0.05, 0) is 48.2 Å². The minimum atomic E-state index is -0.423. The average Bonchev–Trinajstić information content (AvgIpc) is 3.25. The zero-order chi connectivity index (χ0) is 15.9. The van der Waals surface area contributed by atoms with Crippen molar-refractivity contribution in [3.8, 4) is 11.5 Å². The molecule has 118 valence electrons. The molecule has 1 heterocycles. The molecule has 2 aromatic carbocycles. The summed E-state index contributed by atoms with van der Waals surface area (Å²) in [5.74, 6) is 1.52. The van der Waals surface area contributed by atoms with E-state index in [1.807, 2.05) is 42.5 Å². The summed E-state index contributed by atoms with van der Waals surface area (Å²) in [4.78, 5) is 12.7. The van der Waals surface area contributed by atoms with Gasteiger partial charge in [0.15, 0.2) is 11.5 Å². The minimum Gasteiger partial charge on any atom is -0.454 e. The summed E-state index contributed by atoms with van der Waals surface area (Å²) < 4.78 is 10.7. The molecule has 0 bridgehead atoms. The molecular formula is C18H16ClNO3. The lowest BCUT2D eigenvalue weighted by atomic mass is 9.94. The Balaban J connectivity index is 1.48. The molecule has 0 unspecified atom stereocenters. The molecule has 1 fully saturated rings. The Labute approximate surface area is 139 Å². The zero-order valence-corrected chi connectivity index (χ0v) is 13.2. The number of amides is 1. The van der Waals surface area contributed by atoms with Crippen molar-refractivity contribution in [1.82, 2.24) is 5.32 Å². The second-order valence-corrected chi connectivity index (χ2v) is 6.40. The van der Waals surface area contributed by atoms with Crippen molar-refractivity contribution < 1.29 is 14.3 Å². The number of carbonyl (C=O) groups is 1. The van der Waals surface area contributed by atoms with Crippen molar-refractivity contribution in [2.75, 3.05) is 6.79 Å². The molecule has 1 N–H and O–H groups in total. The Morgan fingerprint density at radius 3 is 2.57 bits per heavy atom. The van der Waals surface area contributed by atoms with Gasteiger partial charge in [0.1, 0.15) is 0 Å². The predicted molar refractivity (Wildman–Crippen MR) is 86.8 cm³/mol. The van der Waals surface area contributed by atoms with Crippen LogP contribution in [-0.4, -0.2) is 12.7 Å². The molecule has 1 amide bonds. The van der Waals surface area contributed by atoms with Gasteiger partial charge in [0.25, 0.3) is 0 Å². The largest absolute Gasteiger partial charge is 0.454 e. The molecule has 0 atom stereocenters. The molecule has 1 aliphatic carbocycles. The van der Waals surface area contributed by atoms with Gasteiger partial charge in [-0.2, -0.15) is 0 Å². The highest BCUT2D eigenvalue weighted by atomic mass is 35.5. The first-order valence-electron chi connectivity index (χ1n) is 7.60. The van der Waals surface area contributed by atoms with Crippen LogP contribution in [0.5, 0.6) is 11.5 Å². The Bertz CT molecular complexity index is 753. The molecule has 1 aliphatic heterocycles. The van der Waals surface area contributed by atoms with Crippen molar-refractivity contribution in [2.24, 2.45) is 0 Å². The summed E-state index contributed by atoms with van der Waals surface area (Å²) in [5.41, 5.74) is 1.60. The Morgan fingerprint density at radius 1 is 1.09 bits per heavy atom. The van der Waals surface area contributed by atoms with Gasteiger partial charge in [0.2, 0.25) is 12.7 Å². The van der Waals surface area contributed by atoms with Crippen LogP contribution in [0, 0.1) is 0 Å². The maximum atomic E-state index is 12.7. The van der Waals surface area contributed by atoms with Gasteiger partial charge in [0, 0.05) is 11.6 Å². The SMILES string of the molecule is O=C(NCc1ccc(Cl)cc1)C1(c2ccc3c(c2)OCO3)CC1. The second kappa shape index (κ2) is 5.46. The van der Waals surface area contributed by atoms with E-state index in [0.29, 0.717) is 11.6 Å². The van der Waals surface area contributed by atoms with Crippen molar-refractivity contribution in [2.45, 2.75) is 24.8 Å². The number of hydrogen-bond acceptors (Lipinski definition) is 3. The van der Waals surface area contributed by atoms with E-state index in [9.17, 15) is 4.79 Å². The van der Waals surface area contributed by atoms with Gasteiger partial charge >= 0.3 is 0 Å². The number of nitrogens with one attached hydrogen (secondary N) is 1. The monoisotopic (exact) mass is 329 g/mol. The van der Waals surface area contributed by atoms with Crippen LogP contribution >= 0.6 is 11.6 Å². The molecule has 4 rings (SSSR count). The molecule has 4 nitrogen and oxygen atoms in total. The lowest BCUT2D eigenvalue weighted by Crippen LogP contribution is -2.34. The second-order valence-electron chi connectivity index (χ2n) is 5.96. The van der Waals surface area contributed by atoms with Crippen LogP contribution in [0.4, 0.5) is 0 Å². The highest BCUT2D eigenvalue weighted by Gasteiger charge is 2.51. The molecule has 1 saturated carbocycles. The highest BCUT2D eigenvalue weighted by molar-refractivity contribution is 6.30. The molecule has 0 saturated heterocycles. The Morgan fingerprint density at radius 2 is 1.83 bits per heavy atom. The van der Waals surface area contributed by atoms with E-state index >= 15 is 0 Å². The third-order valence-electron chi connectivity index (χ3n) is 4.48. The van der Waals surface area contributed by atoms with Crippen LogP contribution in [0.1, 0.15) is 24.0 Å². The number of fused-ring (bicyclic) bond motifs is 1. The summed E-state index contributed by atoms with van der Waals surface area (Å²) in [7, 11) is 0. The predicted octanol–water partition coefficient (Wildman–Crippen LogP) is 3.42. The lowest BCUT2D eigenvalue weighted by Gasteiger charge is -2.16. The smallest absolute Gasteiger partial charge is 0.231 e. The first-order chi connectivity index (χ1) is 11.2. The molecule has 23 heavy (non-hydrogen) atoms. The third-order valence-corrected chi connectivity index (χ3v) is 4.73. The van der Waals surface area contributed by atoms with E-state index in [0.717, 1.165) is 35.5 Å². The summed E-state index contributed by atoms with van der Waals surface area (Å²) in [6.45, 7) is 0.747. The molecule has 2 aromatic rings. The van der Waals surface area contributed by atoms with Crippen molar-refractivity contribution in [1.29, 1.82) is 0 Å². The van der Waals surface area contributed by atoms with E-state index in [-0.39, 0.29) is 12.7 Å². The number of rotatable bonds is 4. The number of ether oxygens (including phenoxy) is 2. The average molecular weight is 330 g/mol. The molecule has 0 radical (unpaired) electrons. The number of carbonyl (C=O) groups excluding carboxylic acids is 1. The fourth-order valence-corrected chi connectivity index (χ4v) is 3.05. The van der Waals surface area contributed by atoms with Crippen molar-refractivity contribution >= 4 is 17.5 Å². The van der Waals surface area contributed by atoms with Crippen LogP contribution in [-0.2, 0) is 16.8 Å². The van der Waals surface area contributed by atoms with Crippen LogP contribution in [0.15, 0.2) is 42.5 Å². The number of hydrogen-bond donors (Lipinski definition) is 1. The molecule has 5 heteroatoms. The van der Waals surface area contributed by atoms with Gasteiger partial charge in [-0.25, -0.2) is 0 Å². The summed E-state index contributed by atoms with van der Waals surface area (Å²) in [6, 6.07) is 13.3. The molecule has 2 aliphatic rings. The topological polar surface area (TPSA) is 47.6 Å². The highest BCUT2D eigenvalue weighted by Crippen LogP contribution is 2.50. The normalized spacial score (nSPS) is 16.9. The zero-order valence-electron chi connectivity index (χ0n) is 12.5. The van der Waals surface area contributed by atoms with Crippen LogP contribution < -0.4 is 14.8 Å². The van der Waals surface area contributed by atoms with Crippen LogP contribution in [0.2, 0.25) is 5.02 Å². The fraction of sp³-hybridized carbons (Fsp3) is 0.278. The summed E-state index contributed by atoms with van der Waals surface area (Å²) in [6.07, 6.45) is 1.72. The van der Waals surface area contributed by atoms with Gasteiger partial charge in [-0.3, -0.25) is 4.79 Å². The van der Waals surface area contributed by atoms with E-state index in [2.05, 4.69) is 5.32 Å². The van der Waals surface area contributed by atoms with Crippen molar-refractivity contribution in [3.05, 3.63) is 58.6 Å². The minimum absolute atomic E-state index is 0.0614. The molecular weight excluding hydrogens is 314 g/mol. The Hall–Kier alpha value is -2.20. The Kier molecular flexibility index (Phi) is 3.42. The van der Waals surface area contributed by atoms with Gasteiger partial charge in [-0.1, -0.05) is 29.8 Å². The fourth-order valence-electron chi connectivity index (χ4n) is 2.92. The van der Waals surface area contributed by atoms with Gasteiger partial charge in [-0.15, -0.1) is 0 Å². The summed E-state index contributed by atoms with van der Waals surface area (Å²) in [5, 5.41) is 3.73. The standard InChI is InChI=1S/C18H16ClNO3/c19-14-4-1-12(2-5-14)10-20-17(21)18(7-8-18)13-3-6-15-16(9-13)23-11-22-15/h1-6,9H,7-8,10-11H2,(H,20,21). The van der Waals surface area contributed by atoms with E-state index in [1.54, 1.807) is 0 Å².